The molecule has 1 saturated carbocycles. The maximum atomic E-state index is 10.3. The molecule has 0 amide bonds. The Morgan fingerprint density at radius 1 is 1.31 bits per heavy atom. The summed E-state index contributed by atoms with van der Waals surface area (Å²) in [6.07, 6.45) is 11.0. The normalized spacial score (nSPS) is 28.9. The Balaban J connectivity index is 2.07. The molecule has 2 rings (SSSR count). The maximum Gasteiger partial charge on any atom is 0.0856 e. The van der Waals surface area contributed by atoms with E-state index in [2.05, 4.69) is 6.08 Å². The molecule has 0 aromatic carbocycles. The number of rotatable bonds is 2. The summed E-state index contributed by atoms with van der Waals surface area (Å²) >= 11 is 0. The van der Waals surface area contributed by atoms with Gasteiger partial charge in [0.15, 0.2) is 0 Å². The van der Waals surface area contributed by atoms with Crippen molar-refractivity contribution in [3.8, 4) is 0 Å². The second-order valence-corrected chi connectivity index (χ2v) is 4.75. The van der Waals surface area contributed by atoms with Gasteiger partial charge in [0.25, 0.3) is 0 Å². The summed E-state index contributed by atoms with van der Waals surface area (Å²) in [6, 6.07) is 0. The minimum absolute atomic E-state index is 0.468. The van der Waals surface area contributed by atoms with E-state index in [4.69, 9.17) is 0 Å². The molecular formula is C12H20O. The zero-order valence-electron chi connectivity index (χ0n) is 8.55. The number of allylic oxidation sites excluding steroid dienone is 1. The molecule has 0 aromatic heterocycles. The fraction of sp³-hybridized carbons (Fsp3) is 0.833. The van der Waals surface area contributed by atoms with Gasteiger partial charge in [0.2, 0.25) is 0 Å². The third kappa shape index (κ3) is 1.96. The Kier molecular flexibility index (Phi) is 2.46. The van der Waals surface area contributed by atoms with Crippen LogP contribution in [0.5, 0.6) is 0 Å². The van der Waals surface area contributed by atoms with Gasteiger partial charge in [-0.2, -0.15) is 0 Å². The van der Waals surface area contributed by atoms with E-state index in [1.807, 2.05) is 6.92 Å². The summed E-state index contributed by atoms with van der Waals surface area (Å²) in [5.41, 5.74) is 0.858. The molecule has 1 nitrogen and oxygen atoms in total. The minimum Gasteiger partial charge on any atom is -0.386 e. The monoisotopic (exact) mass is 180 g/mol. The summed E-state index contributed by atoms with van der Waals surface area (Å²) < 4.78 is 0. The first-order valence-electron chi connectivity index (χ1n) is 5.63. The van der Waals surface area contributed by atoms with Crippen LogP contribution in [0.1, 0.15) is 51.9 Å². The zero-order chi connectivity index (χ0) is 9.31. The molecular weight excluding hydrogens is 160 g/mol. The second kappa shape index (κ2) is 3.45. The Labute approximate surface area is 80.8 Å². The Hall–Kier alpha value is -0.300. The van der Waals surface area contributed by atoms with Gasteiger partial charge in [-0.3, -0.25) is 0 Å². The van der Waals surface area contributed by atoms with Crippen LogP contribution in [0.4, 0.5) is 0 Å². The van der Waals surface area contributed by atoms with Crippen molar-refractivity contribution in [2.45, 2.75) is 57.5 Å². The average Bonchev–Trinajstić information content (AvgIpc) is 2.93. The van der Waals surface area contributed by atoms with Crippen LogP contribution in [0.2, 0.25) is 0 Å². The van der Waals surface area contributed by atoms with Crippen LogP contribution in [0.3, 0.4) is 0 Å². The lowest BCUT2D eigenvalue weighted by Crippen LogP contribution is -2.29. The second-order valence-electron chi connectivity index (χ2n) is 4.75. The first-order chi connectivity index (χ1) is 6.21. The van der Waals surface area contributed by atoms with E-state index < -0.39 is 5.60 Å². The van der Waals surface area contributed by atoms with Gasteiger partial charge in [-0.25, -0.2) is 0 Å². The van der Waals surface area contributed by atoms with Gasteiger partial charge >= 0.3 is 0 Å². The summed E-state index contributed by atoms with van der Waals surface area (Å²) in [6.45, 7) is 2.02. The lowest BCUT2D eigenvalue weighted by Gasteiger charge is -2.26. The highest BCUT2D eigenvalue weighted by Crippen LogP contribution is 2.45. The minimum atomic E-state index is -0.468. The van der Waals surface area contributed by atoms with Crippen molar-refractivity contribution in [3.05, 3.63) is 11.6 Å². The largest absolute Gasteiger partial charge is 0.386 e. The zero-order valence-corrected chi connectivity index (χ0v) is 8.55. The van der Waals surface area contributed by atoms with Gasteiger partial charge in [0.05, 0.1) is 5.60 Å². The van der Waals surface area contributed by atoms with E-state index in [-0.39, 0.29) is 0 Å². The molecule has 0 aliphatic heterocycles. The number of hydrogen-bond donors (Lipinski definition) is 1. The highest BCUT2D eigenvalue weighted by molar-refractivity contribution is 5.20. The van der Waals surface area contributed by atoms with Crippen molar-refractivity contribution in [1.82, 2.24) is 0 Å². The third-order valence-corrected chi connectivity index (χ3v) is 3.56. The standard InChI is InChI=1S/C12H20O/c1-12(13,11-8-9-11)10-6-4-2-3-5-7-10/h6,11,13H,2-5,7-9H2,1H3. The van der Waals surface area contributed by atoms with Crippen LogP contribution >= 0.6 is 0 Å². The summed E-state index contributed by atoms with van der Waals surface area (Å²) in [4.78, 5) is 0. The average molecular weight is 180 g/mol. The molecule has 2 aliphatic carbocycles. The lowest BCUT2D eigenvalue weighted by molar-refractivity contribution is 0.0710. The van der Waals surface area contributed by atoms with Gasteiger partial charge in [0, 0.05) is 0 Å². The molecule has 1 fully saturated rings. The predicted octanol–water partition coefficient (Wildman–Crippen LogP) is 3.04. The van der Waals surface area contributed by atoms with Crippen molar-refractivity contribution >= 4 is 0 Å². The van der Waals surface area contributed by atoms with Crippen LogP contribution in [-0.4, -0.2) is 10.7 Å². The Bertz CT molecular complexity index is 211. The molecule has 0 bridgehead atoms. The molecule has 0 aromatic rings. The number of aliphatic hydroxyl groups is 1. The van der Waals surface area contributed by atoms with E-state index in [0.29, 0.717) is 5.92 Å². The molecule has 13 heavy (non-hydrogen) atoms. The van der Waals surface area contributed by atoms with E-state index in [1.165, 1.54) is 44.1 Å². The first-order valence-corrected chi connectivity index (χ1v) is 5.63. The van der Waals surface area contributed by atoms with Crippen molar-refractivity contribution in [1.29, 1.82) is 0 Å². The quantitative estimate of drug-likeness (QED) is 0.648. The molecule has 2 aliphatic rings. The van der Waals surface area contributed by atoms with Gasteiger partial charge in [-0.1, -0.05) is 12.5 Å². The molecule has 0 spiro atoms. The SMILES string of the molecule is CC(O)(C1=CCCCCC1)C1CC1. The highest BCUT2D eigenvalue weighted by Gasteiger charge is 2.42. The lowest BCUT2D eigenvalue weighted by atomic mass is 9.87. The summed E-state index contributed by atoms with van der Waals surface area (Å²) in [5.74, 6) is 0.567. The van der Waals surface area contributed by atoms with Gasteiger partial charge in [0.1, 0.15) is 0 Å². The van der Waals surface area contributed by atoms with E-state index >= 15 is 0 Å². The molecule has 1 unspecified atom stereocenters. The molecule has 0 heterocycles. The molecule has 0 radical (unpaired) electrons. The molecule has 1 heteroatoms. The molecule has 1 atom stereocenters. The van der Waals surface area contributed by atoms with Crippen LogP contribution in [-0.2, 0) is 0 Å². The van der Waals surface area contributed by atoms with Crippen LogP contribution in [0.15, 0.2) is 11.6 Å². The Morgan fingerprint density at radius 2 is 2.08 bits per heavy atom. The van der Waals surface area contributed by atoms with E-state index in [1.54, 1.807) is 0 Å². The van der Waals surface area contributed by atoms with Crippen molar-refractivity contribution in [2.24, 2.45) is 5.92 Å². The third-order valence-electron chi connectivity index (χ3n) is 3.56. The van der Waals surface area contributed by atoms with Crippen LogP contribution < -0.4 is 0 Å². The first kappa shape index (κ1) is 9.26. The molecule has 0 saturated heterocycles. The topological polar surface area (TPSA) is 20.2 Å². The van der Waals surface area contributed by atoms with Crippen molar-refractivity contribution in [3.63, 3.8) is 0 Å². The predicted molar refractivity (Wildman–Crippen MR) is 54.5 cm³/mol. The highest BCUT2D eigenvalue weighted by atomic mass is 16.3. The van der Waals surface area contributed by atoms with Crippen molar-refractivity contribution in [2.75, 3.05) is 0 Å². The Morgan fingerprint density at radius 3 is 2.77 bits per heavy atom. The van der Waals surface area contributed by atoms with Gasteiger partial charge in [-0.15, -0.1) is 0 Å². The van der Waals surface area contributed by atoms with Crippen LogP contribution in [0.25, 0.3) is 0 Å². The summed E-state index contributed by atoms with van der Waals surface area (Å²) in [5, 5.41) is 10.3. The fourth-order valence-corrected chi connectivity index (χ4v) is 2.38. The van der Waals surface area contributed by atoms with E-state index in [9.17, 15) is 5.11 Å². The molecule has 1 N–H and O–H groups in total. The van der Waals surface area contributed by atoms with Crippen LogP contribution in [0, 0.1) is 5.92 Å². The number of hydrogen-bond acceptors (Lipinski definition) is 1. The van der Waals surface area contributed by atoms with E-state index in [0.717, 1.165) is 6.42 Å². The van der Waals surface area contributed by atoms with Crippen molar-refractivity contribution < 1.29 is 5.11 Å². The smallest absolute Gasteiger partial charge is 0.0856 e. The summed E-state index contributed by atoms with van der Waals surface area (Å²) in [7, 11) is 0. The maximum absolute atomic E-state index is 10.3. The van der Waals surface area contributed by atoms with Gasteiger partial charge < -0.3 is 5.11 Å². The molecule has 74 valence electrons. The fourth-order valence-electron chi connectivity index (χ4n) is 2.38. The van der Waals surface area contributed by atoms with Gasteiger partial charge in [-0.05, 0) is 56.9 Å².